The lowest BCUT2D eigenvalue weighted by atomic mass is 9.94. The molecule has 2 heterocycles. The van der Waals surface area contributed by atoms with Crippen LogP contribution in [0.25, 0.3) is 0 Å². The van der Waals surface area contributed by atoms with Crippen LogP contribution in [0, 0.1) is 0 Å². The van der Waals surface area contributed by atoms with Gasteiger partial charge in [-0.1, -0.05) is 29.8 Å². The largest absolute Gasteiger partial charge is 0.490 e. The van der Waals surface area contributed by atoms with Crippen molar-refractivity contribution in [1.29, 1.82) is 0 Å². The number of likely N-dealkylation sites (N-methyl/N-ethyl adjacent to an activating group) is 1. The molecule has 2 aromatic rings. The van der Waals surface area contributed by atoms with E-state index in [-0.39, 0.29) is 18.8 Å². The zero-order valence-corrected chi connectivity index (χ0v) is 16.7. The predicted octanol–water partition coefficient (Wildman–Crippen LogP) is 3.33. The third kappa shape index (κ3) is 4.13. The Balaban J connectivity index is 1.57. The summed E-state index contributed by atoms with van der Waals surface area (Å²) < 4.78 is 11.7. The summed E-state index contributed by atoms with van der Waals surface area (Å²) in [6.07, 6.45) is 0.665. The van der Waals surface area contributed by atoms with E-state index in [0.29, 0.717) is 30.9 Å². The molecule has 0 radical (unpaired) electrons. The number of hydrogen-bond donors (Lipinski definition) is 2. The first-order chi connectivity index (χ1) is 13.5. The first kappa shape index (κ1) is 19.5. The van der Waals surface area contributed by atoms with E-state index in [9.17, 15) is 10.2 Å². The third-order valence-corrected chi connectivity index (χ3v) is 5.91. The van der Waals surface area contributed by atoms with Gasteiger partial charge in [0.25, 0.3) is 0 Å². The maximum absolute atomic E-state index is 10.1. The molecular formula is C22H26ClNO4. The van der Waals surface area contributed by atoms with Crippen LogP contribution >= 0.6 is 11.6 Å². The predicted molar refractivity (Wildman–Crippen MR) is 109 cm³/mol. The lowest BCUT2D eigenvalue weighted by Gasteiger charge is -2.32. The van der Waals surface area contributed by atoms with E-state index < -0.39 is 6.10 Å². The minimum atomic E-state index is -0.466. The smallest absolute Gasteiger partial charge is 0.142 e. The van der Waals surface area contributed by atoms with Crippen molar-refractivity contribution >= 4 is 17.3 Å². The minimum Gasteiger partial charge on any atom is -0.490 e. The van der Waals surface area contributed by atoms with E-state index >= 15 is 0 Å². The van der Waals surface area contributed by atoms with Crippen LogP contribution in [-0.4, -0.2) is 49.2 Å². The molecule has 0 saturated carbocycles. The number of nitrogens with zero attached hydrogens (tertiary/aromatic N) is 1. The average molecular weight is 404 g/mol. The van der Waals surface area contributed by atoms with Crippen molar-refractivity contribution in [2.75, 3.05) is 31.7 Å². The maximum Gasteiger partial charge on any atom is 0.142 e. The standard InChI is InChI=1S/C22H26ClNO4/c1-24-6-7-27-21-5-2-14(9-20(21)24)8-16-10-15(3-4-19(16)23)22-12-17(26)11-18(13-25)28-22/h2-5,9-10,17-18,22,25-26H,6-8,11-13H2,1H3/t17-,18-,22+/m0/s1. The quantitative estimate of drug-likeness (QED) is 0.819. The van der Waals surface area contributed by atoms with Crippen LogP contribution in [-0.2, 0) is 11.2 Å². The number of anilines is 1. The van der Waals surface area contributed by atoms with Gasteiger partial charge in [0.2, 0.25) is 0 Å². The number of fused-ring (bicyclic) bond motifs is 1. The number of aliphatic hydroxyl groups excluding tert-OH is 2. The van der Waals surface area contributed by atoms with Gasteiger partial charge in [-0.15, -0.1) is 0 Å². The number of hydrogen-bond acceptors (Lipinski definition) is 5. The first-order valence-electron chi connectivity index (χ1n) is 9.73. The van der Waals surface area contributed by atoms with Crippen LogP contribution in [0.15, 0.2) is 36.4 Å². The Morgan fingerprint density at radius 2 is 2.04 bits per heavy atom. The van der Waals surface area contributed by atoms with Gasteiger partial charge < -0.3 is 24.6 Å². The third-order valence-electron chi connectivity index (χ3n) is 5.54. The fourth-order valence-electron chi connectivity index (χ4n) is 3.98. The van der Waals surface area contributed by atoms with E-state index in [1.807, 2.05) is 18.2 Å². The summed E-state index contributed by atoms with van der Waals surface area (Å²) in [5, 5.41) is 20.2. The van der Waals surface area contributed by atoms with Crippen LogP contribution in [0.4, 0.5) is 5.69 Å². The second kappa shape index (κ2) is 8.29. The Hall–Kier alpha value is -1.79. The minimum absolute atomic E-state index is 0.0846. The van der Waals surface area contributed by atoms with Gasteiger partial charge in [-0.3, -0.25) is 0 Å². The molecule has 0 aliphatic carbocycles. The summed E-state index contributed by atoms with van der Waals surface area (Å²) in [6, 6.07) is 12.1. The summed E-state index contributed by atoms with van der Waals surface area (Å²) in [6.45, 7) is 1.50. The van der Waals surface area contributed by atoms with E-state index in [2.05, 4.69) is 30.1 Å². The molecule has 0 unspecified atom stereocenters. The van der Waals surface area contributed by atoms with Crippen molar-refractivity contribution in [3.8, 4) is 5.75 Å². The highest BCUT2D eigenvalue weighted by Gasteiger charge is 2.29. The summed E-state index contributed by atoms with van der Waals surface area (Å²) in [7, 11) is 2.07. The van der Waals surface area contributed by atoms with Gasteiger partial charge in [0.05, 0.1) is 37.2 Å². The SMILES string of the molecule is CN1CCOc2ccc(Cc3cc([C@H]4C[C@@H](O)C[C@@H](CO)O4)ccc3Cl)cc21. The first-order valence-corrected chi connectivity index (χ1v) is 10.1. The molecule has 2 aliphatic heterocycles. The highest BCUT2D eigenvalue weighted by molar-refractivity contribution is 6.31. The highest BCUT2D eigenvalue weighted by Crippen LogP contribution is 2.35. The van der Waals surface area contributed by atoms with E-state index in [1.165, 1.54) is 0 Å². The molecule has 2 N–H and O–H groups in total. The lowest BCUT2D eigenvalue weighted by Crippen LogP contribution is -2.33. The zero-order valence-electron chi connectivity index (χ0n) is 16.0. The van der Waals surface area contributed by atoms with Crippen molar-refractivity contribution < 1.29 is 19.7 Å². The molecule has 4 rings (SSSR count). The van der Waals surface area contributed by atoms with Crippen LogP contribution < -0.4 is 9.64 Å². The molecule has 6 heteroatoms. The fraction of sp³-hybridized carbons (Fsp3) is 0.455. The van der Waals surface area contributed by atoms with Gasteiger partial charge in [-0.2, -0.15) is 0 Å². The summed E-state index contributed by atoms with van der Waals surface area (Å²) in [5.74, 6) is 0.914. The number of rotatable bonds is 4. The molecule has 0 amide bonds. The molecule has 28 heavy (non-hydrogen) atoms. The van der Waals surface area contributed by atoms with Crippen molar-refractivity contribution in [3.63, 3.8) is 0 Å². The Bertz CT molecular complexity index is 843. The zero-order chi connectivity index (χ0) is 19.7. The molecule has 3 atom stereocenters. The molecular weight excluding hydrogens is 378 g/mol. The Morgan fingerprint density at radius 1 is 1.18 bits per heavy atom. The van der Waals surface area contributed by atoms with Crippen LogP contribution in [0.3, 0.4) is 0 Å². The van der Waals surface area contributed by atoms with Gasteiger partial charge in [-0.05, 0) is 41.3 Å². The summed E-state index contributed by atoms with van der Waals surface area (Å²) in [5.41, 5.74) is 4.26. The molecule has 1 saturated heterocycles. The normalized spacial score (nSPS) is 24.6. The maximum atomic E-state index is 10.1. The van der Waals surface area contributed by atoms with Gasteiger partial charge in [0, 0.05) is 24.9 Å². The molecule has 150 valence electrons. The number of benzene rings is 2. The molecule has 0 aromatic heterocycles. The van der Waals surface area contributed by atoms with Crippen molar-refractivity contribution in [1.82, 2.24) is 0 Å². The molecule has 0 spiro atoms. The van der Waals surface area contributed by atoms with E-state index in [0.717, 1.165) is 34.7 Å². The Labute approximate surface area is 170 Å². The second-order valence-corrected chi connectivity index (χ2v) is 8.06. The Morgan fingerprint density at radius 3 is 2.86 bits per heavy atom. The van der Waals surface area contributed by atoms with Crippen LogP contribution in [0.5, 0.6) is 5.75 Å². The van der Waals surface area contributed by atoms with Crippen molar-refractivity contribution in [2.24, 2.45) is 0 Å². The monoisotopic (exact) mass is 403 g/mol. The number of aliphatic hydroxyl groups is 2. The van der Waals surface area contributed by atoms with Gasteiger partial charge in [0.1, 0.15) is 12.4 Å². The summed E-state index contributed by atoms with van der Waals surface area (Å²) in [4.78, 5) is 2.20. The molecule has 2 aromatic carbocycles. The second-order valence-electron chi connectivity index (χ2n) is 7.65. The molecule has 5 nitrogen and oxygen atoms in total. The number of halogens is 1. The van der Waals surface area contributed by atoms with Crippen LogP contribution in [0.1, 0.15) is 35.6 Å². The highest BCUT2D eigenvalue weighted by atomic mass is 35.5. The molecule has 0 bridgehead atoms. The Kier molecular flexibility index (Phi) is 5.78. The van der Waals surface area contributed by atoms with Gasteiger partial charge >= 0.3 is 0 Å². The van der Waals surface area contributed by atoms with Crippen molar-refractivity contribution in [3.05, 3.63) is 58.1 Å². The fourth-order valence-corrected chi connectivity index (χ4v) is 4.16. The van der Waals surface area contributed by atoms with E-state index in [1.54, 1.807) is 0 Å². The van der Waals surface area contributed by atoms with Crippen molar-refractivity contribution in [2.45, 2.75) is 37.6 Å². The number of ether oxygens (including phenoxy) is 2. The molecule has 1 fully saturated rings. The van der Waals surface area contributed by atoms with Crippen LogP contribution in [0.2, 0.25) is 5.02 Å². The summed E-state index contributed by atoms with van der Waals surface area (Å²) >= 11 is 6.48. The lowest BCUT2D eigenvalue weighted by molar-refractivity contribution is -0.113. The van der Waals surface area contributed by atoms with E-state index in [4.69, 9.17) is 21.1 Å². The van der Waals surface area contributed by atoms with Gasteiger partial charge in [0.15, 0.2) is 0 Å². The molecule has 2 aliphatic rings. The topological polar surface area (TPSA) is 62.2 Å². The van der Waals surface area contributed by atoms with Gasteiger partial charge in [-0.25, -0.2) is 0 Å². The average Bonchev–Trinajstić information content (AvgIpc) is 2.70.